The van der Waals surface area contributed by atoms with Gasteiger partial charge in [0.2, 0.25) is 0 Å². The van der Waals surface area contributed by atoms with Gasteiger partial charge in [-0.3, -0.25) is 0 Å². The number of ether oxygens (including phenoxy) is 6. The van der Waals surface area contributed by atoms with Crippen LogP contribution >= 0.6 is 0 Å². The molecule has 0 aromatic carbocycles. The van der Waals surface area contributed by atoms with Gasteiger partial charge in [0, 0.05) is 17.8 Å². The molecular formula is C27H48O6. The number of fused-ring (bicyclic) bond motifs is 1. The van der Waals surface area contributed by atoms with E-state index in [1.54, 1.807) is 0 Å². The largest absolute Gasteiger partial charge is 0.349 e. The Hall–Kier alpha value is -0.240. The Labute approximate surface area is 201 Å². The van der Waals surface area contributed by atoms with Crippen molar-refractivity contribution in [1.82, 2.24) is 0 Å². The fraction of sp³-hybridized carbons (Fsp3) is 1.00. The summed E-state index contributed by atoms with van der Waals surface area (Å²) in [6, 6.07) is 0. The Morgan fingerprint density at radius 3 is 1.55 bits per heavy atom. The fourth-order valence-electron chi connectivity index (χ4n) is 6.28. The lowest BCUT2D eigenvalue weighted by molar-refractivity contribution is -0.335. The van der Waals surface area contributed by atoms with E-state index in [1.807, 2.05) is 0 Å². The zero-order valence-electron chi connectivity index (χ0n) is 22.2. The highest BCUT2D eigenvalue weighted by Crippen LogP contribution is 2.45. The van der Waals surface area contributed by atoms with E-state index in [-0.39, 0.29) is 61.4 Å². The molecule has 0 aromatic heterocycles. The zero-order valence-corrected chi connectivity index (χ0v) is 22.2. The molecule has 0 N–H and O–H groups in total. The normalized spacial score (nSPS) is 54.6. The Morgan fingerprint density at radius 2 is 0.970 bits per heavy atom. The average molecular weight is 469 g/mol. The molecule has 33 heavy (non-hydrogen) atoms. The minimum atomic E-state index is -0.266. The Kier molecular flexibility index (Phi) is 8.14. The molecule has 6 heteroatoms. The SMILES string of the molecule is CCC1OC(OC2C(CC)OC(OC3C(CC)OC4OC4C3C)C(C)C2C)C(C)C(C)C1C. The Bertz CT molecular complexity index is 640. The van der Waals surface area contributed by atoms with E-state index >= 15 is 0 Å². The molecular weight excluding hydrogens is 420 g/mol. The van der Waals surface area contributed by atoms with Gasteiger partial charge in [-0.25, -0.2) is 0 Å². The summed E-state index contributed by atoms with van der Waals surface area (Å²) >= 11 is 0. The van der Waals surface area contributed by atoms with Crippen LogP contribution in [0.15, 0.2) is 0 Å². The highest BCUT2D eigenvalue weighted by molar-refractivity contribution is 4.97. The second kappa shape index (κ2) is 10.4. The van der Waals surface area contributed by atoms with Gasteiger partial charge < -0.3 is 28.4 Å². The molecule has 0 radical (unpaired) electrons. The van der Waals surface area contributed by atoms with Gasteiger partial charge in [0.15, 0.2) is 18.9 Å². The summed E-state index contributed by atoms with van der Waals surface area (Å²) in [7, 11) is 0. The first-order chi connectivity index (χ1) is 15.7. The van der Waals surface area contributed by atoms with Gasteiger partial charge >= 0.3 is 0 Å². The van der Waals surface area contributed by atoms with E-state index in [0.29, 0.717) is 29.6 Å². The number of hydrogen-bond acceptors (Lipinski definition) is 6. The smallest absolute Gasteiger partial charge is 0.185 e. The molecule has 0 saturated carbocycles. The lowest BCUT2D eigenvalue weighted by atomic mass is 9.78. The van der Waals surface area contributed by atoms with Crippen LogP contribution in [0.5, 0.6) is 0 Å². The van der Waals surface area contributed by atoms with Gasteiger partial charge in [0.25, 0.3) is 0 Å². The van der Waals surface area contributed by atoms with Crippen molar-refractivity contribution in [3.8, 4) is 0 Å². The summed E-state index contributed by atoms with van der Waals surface area (Å²) < 4.78 is 38.3. The Balaban J connectivity index is 1.44. The monoisotopic (exact) mass is 468 g/mol. The number of hydrogen-bond donors (Lipinski definition) is 0. The van der Waals surface area contributed by atoms with Crippen LogP contribution in [0.2, 0.25) is 0 Å². The first-order valence-corrected chi connectivity index (χ1v) is 13.6. The molecule has 192 valence electrons. The van der Waals surface area contributed by atoms with Gasteiger partial charge in [0.05, 0.1) is 30.5 Å². The number of epoxide rings is 1. The van der Waals surface area contributed by atoms with Crippen molar-refractivity contribution in [3.63, 3.8) is 0 Å². The first-order valence-electron chi connectivity index (χ1n) is 13.6. The van der Waals surface area contributed by atoms with Crippen LogP contribution in [0.4, 0.5) is 0 Å². The van der Waals surface area contributed by atoms with E-state index in [1.165, 1.54) is 0 Å². The van der Waals surface area contributed by atoms with E-state index in [9.17, 15) is 0 Å². The standard InChI is InChI=1S/C27H48O6/c1-10-19-14(5)13(4)16(7)25(28-19)31-22-15(6)17(8)26(29-20(22)11-2)32-23-18(9)24-27(33-24)30-21(23)12-3/h13-27H,10-12H2,1-9H3. The van der Waals surface area contributed by atoms with Crippen molar-refractivity contribution in [2.45, 2.75) is 137 Å². The Morgan fingerprint density at radius 1 is 0.485 bits per heavy atom. The molecule has 4 rings (SSSR count). The first kappa shape index (κ1) is 25.8. The number of rotatable bonds is 7. The molecule has 0 spiro atoms. The van der Waals surface area contributed by atoms with Crippen molar-refractivity contribution in [2.24, 2.45) is 35.5 Å². The molecule has 4 aliphatic rings. The topological polar surface area (TPSA) is 58.7 Å². The van der Waals surface area contributed by atoms with Gasteiger partial charge in [-0.05, 0) is 37.0 Å². The van der Waals surface area contributed by atoms with Gasteiger partial charge in [0.1, 0.15) is 6.10 Å². The van der Waals surface area contributed by atoms with Gasteiger partial charge in [-0.2, -0.15) is 0 Å². The summed E-state index contributed by atoms with van der Waals surface area (Å²) in [5.74, 6) is 2.27. The molecule has 4 heterocycles. The predicted octanol–water partition coefficient (Wildman–Crippen LogP) is 5.38. The quantitative estimate of drug-likeness (QED) is 0.468. The highest BCUT2D eigenvalue weighted by atomic mass is 16.8. The van der Waals surface area contributed by atoms with Crippen LogP contribution in [0, 0.1) is 35.5 Å². The summed E-state index contributed by atoms with van der Waals surface area (Å²) in [6.07, 6.45) is 2.75. The maximum absolute atomic E-state index is 6.76. The van der Waals surface area contributed by atoms with Crippen LogP contribution in [-0.2, 0) is 28.4 Å². The van der Waals surface area contributed by atoms with E-state index in [4.69, 9.17) is 28.4 Å². The summed E-state index contributed by atoms with van der Waals surface area (Å²) in [4.78, 5) is 0. The second-order valence-electron chi connectivity index (χ2n) is 11.3. The van der Waals surface area contributed by atoms with Crippen LogP contribution in [0.25, 0.3) is 0 Å². The van der Waals surface area contributed by atoms with E-state index < -0.39 is 0 Å². The molecule has 4 aliphatic heterocycles. The van der Waals surface area contributed by atoms with Crippen molar-refractivity contribution < 1.29 is 28.4 Å². The van der Waals surface area contributed by atoms with Crippen LogP contribution in [0.1, 0.15) is 81.6 Å². The van der Waals surface area contributed by atoms with Gasteiger partial charge in [-0.15, -0.1) is 0 Å². The maximum Gasteiger partial charge on any atom is 0.185 e. The zero-order chi connectivity index (χ0) is 24.0. The van der Waals surface area contributed by atoms with Crippen molar-refractivity contribution in [2.75, 3.05) is 0 Å². The molecule has 6 nitrogen and oxygen atoms in total. The van der Waals surface area contributed by atoms with Crippen molar-refractivity contribution >= 4 is 0 Å². The van der Waals surface area contributed by atoms with Gasteiger partial charge in [-0.1, -0.05) is 62.3 Å². The molecule has 0 aromatic rings. The third-order valence-electron chi connectivity index (χ3n) is 9.42. The second-order valence-corrected chi connectivity index (χ2v) is 11.3. The fourth-order valence-corrected chi connectivity index (χ4v) is 6.28. The average Bonchev–Trinajstić information content (AvgIpc) is 3.60. The molecule has 15 unspecified atom stereocenters. The highest BCUT2D eigenvalue weighted by Gasteiger charge is 2.56. The summed E-state index contributed by atoms with van der Waals surface area (Å²) in [5.41, 5.74) is 0. The minimum Gasteiger partial charge on any atom is -0.349 e. The molecule has 4 saturated heterocycles. The van der Waals surface area contributed by atoms with Crippen molar-refractivity contribution in [3.05, 3.63) is 0 Å². The maximum atomic E-state index is 6.76. The third-order valence-corrected chi connectivity index (χ3v) is 9.42. The molecule has 15 atom stereocenters. The predicted molar refractivity (Wildman–Crippen MR) is 126 cm³/mol. The van der Waals surface area contributed by atoms with E-state index in [0.717, 1.165) is 19.3 Å². The molecule has 0 amide bonds. The molecule has 0 bridgehead atoms. The minimum absolute atomic E-state index is 0.00596. The van der Waals surface area contributed by atoms with Crippen LogP contribution in [-0.4, -0.2) is 55.5 Å². The summed E-state index contributed by atoms with van der Waals surface area (Å²) in [5, 5.41) is 0. The van der Waals surface area contributed by atoms with Crippen LogP contribution in [0.3, 0.4) is 0 Å². The van der Waals surface area contributed by atoms with Crippen LogP contribution < -0.4 is 0 Å². The van der Waals surface area contributed by atoms with E-state index in [2.05, 4.69) is 62.3 Å². The summed E-state index contributed by atoms with van der Waals surface area (Å²) in [6.45, 7) is 20.2. The van der Waals surface area contributed by atoms with Crippen molar-refractivity contribution in [1.29, 1.82) is 0 Å². The molecule has 0 aliphatic carbocycles. The third kappa shape index (κ3) is 4.90. The lowest BCUT2D eigenvalue weighted by Crippen LogP contribution is -2.56. The lowest BCUT2D eigenvalue weighted by Gasteiger charge is -2.50. The molecule has 4 fully saturated rings.